The molecule has 0 aliphatic heterocycles. The number of ether oxygens (including phenoxy) is 2. The molecule has 0 bridgehead atoms. The van der Waals surface area contributed by atoms with Gasteiger partial charge in [-0.1, -0.05) is 12.7 Å². The van der Waals surface area contributed by atoms with Crippen LogP contribution in [-0.4, -0.2) is 97.7 Å². The summed E-state index contributed by atoms with van der Waals surface area (Å²) in [5.74, 6) is -1.39. The molecule has 34 heavy (non-hydrogen) atoms. The minimum Gasteiger partial charge on any atom is -0.465 e. The number of carbonyl (C=O) groups is 4. The molecule has 0 fully saturated rings. The van der Waals surface area contributed by atoms with Gasteiger partial charge in [-0.05, 0) is 20.3 Å². The van der Waals surface area contributed by atoms with Gasteiger partial charge in [0.2, 0.25) is 0 Å². The molecule has 200 valence electrons. The molecule has 0 heterocycles. The monoisotopic (exact) mass is 528 g/mol. The largest absolute Gasteiger partial charge is 0.500 e. The van der Waals surface area contributed by atoms with Crippen molar-refractivity contribution in [2.75, 3.05) is 55.9 Å². The Labute approximate surface area is 205 Å². The number of esters is 2. The molecule has 0 N–H and O–H groups in total. The molecule has 0 saturated heterocycles. The first kappa shape index (κ1) is 36.8. The van der Waals surface area contributed by atoms with Gasteiger partial charge in [-0.2, -0.15) is 0 Å². The van der Waals surface area contributed by atoms with Crippen LogP contribution in [0.5, 0.6) is 0 Å². The minimum absolute atomic E-state index is 0.145. The van der Waals surface area contributed by atoms with Crippen LogP contribution in [0.25, 0.3) is 0 Å². The minimum atomic E-state index is -2.58. The van der Waals surface area contributed by atoms with Gasteiger partial charge in [0.05, 0.1) is 6.61 Å². The van der Waals surface area contributed by atoms with E-state index in [2.05, 4.69) is 11.3 Å². The lowest BCUT2D eigenvalue weighted by Gasteiger charge is -2.24. The van der Waals surface area contributed by atoms with E-state index < -0.39 is 30.3 Å². The second kappa shape index (κ2) is 24.3. The fraction of sp³-hybridized carbons (Fsp3) is 0.700. The van der Waals surface area contributed by atoms with Gasteiger partial charge in [0.1, 0.15) is 31.0 Å². The smallest absolute Gasteiger partial charge is 0.465 e. The highest BCUT2D eigenvalue weighted by Gasteiger charge is 2.37. The van der Waals surface area contributed by atoms with Crippen molar-refractivity contribution >= 4 is 41.8 Å². The Morgan fingerprint density at radius 1 is 0.765 bits per heavy atom. The third-order valence-corrected chi connectivity index (χ3v) is 7.54. The van der Waals surface area contributed by atoms with E-state index in [0.29, 0.717) is 12.5 Å². The van der Waals surface area contributed by atoms with E-state index in [-0.39, 0.29) is 37.6 Å². The topological polar surface area (TPSA) is 142 Å². The number of ketones is 2. The third-order valence-electron chi connectivity index (χ3n) is 3.55. The molecule has 0 rings (SSSR count). The summed E-state index contributed by atoms with van der Waals surface area (Å²) in [4.78, 5) is 42.5. The summed E-state index contributed by atoms with van der Waals surface area (Å²) < 4.78 is 39.3. The van der Waals surface area contributed by atoms with Gasteiger partial charge in [-0.15, -0.1) is 0 Å². The second-order valence-electron chi connectivity index (χ2n) is 6.34. The van der Waals surface area contributed by atoms with Gasteiger partial charge in [-0.25, -0.2) is 0 Å². The van der Waals surface area contributed by atoms with Crippen LogP contribution in [0.3, 0.4) is 0 Å². The average molecular weight is 529 g/mol. The fourth-order valence-electron chi connectivity index (χ4n) is 1.98. The summed E-state index contributed by atoms with van der Waals surface area (Å²) in [5.41, 5.74) is 0. The molecule has 0 aliphatic carbocycles. The SMILES string of the molecule is C=CCOC(=O)CC(C)=O.CO[SiH](OC)OC.CO[Si](CCCOC(=O)CC(C)=O)(OC)OC. The van der Waals surface area contributed by atoms with Crippen LogP contribution in [0.4, 0.5) is 0 Å². The lowest BCUT2D eigenvalue weighted by Crippen LogP contribution is -2.42. The van der Waals surface area contributed by atoms with E-state index >= 15 is 0 Å². The number of hydrogen-bond donors (Lipinski definition) is 0. The average Bonchev–Trinajstić information content (AvgIpc) is 2.79. The van der Waals surface area contributed by atoms with Gasteiger partial charge in [0.25, 0.3) is 0 Å². The zero-order chi connectivity index (χ0) is 27.0. The van der Waals surface area contributed by atoms with E-state index in [1.807, 2.05) is 0 Å². The summed E-state index contributed by atoms with van der Waals surface area (Å²) >= 11 is 0. The molecule has 14 heteroatoms. The molecular formula is C20H40O12Si2. The number of Topliss-reactive ketones (excluding diaryl/α,β-unsaturated/α-hetero) is 2. The normalized spacial score (nSPS) is 10.3. The summed E-state index contributed by atoms with van der Waals surface area (Å²) in [5, 5.41) is 0. The van der Waals surface area contributed by atoms with E-state index in [4.69, 9.17) is 31.3 Å². The Morgan fingerprint density at radius 2 is 1.18 bits per heavy atom. The first-order chi connectivity index (χ1) is 16.0. The highest BCUT2D eigenvalue weighted by Crippen LogP contribution is 2.14. The fourth-order valence-corrected chi connectivity index (χ4v) is 4.25. The first-order valence-corrected chi connectivity index (χ1v) is 13.5. The quantitative estimate of drug-likeness (QED) is 0.0931. The molecule has 0 amide bonds. The highest BCUT2D eigenvalue weighted by atomic mass is 28.4. The molecule has 0 saturated carbocycles. The Kier molecular flexibility index (Phi) is 26.3. The summed E-state index contributed by atoms with van der Waals surface area (Å²) in [7, 11) is 5.06. The zero-order valence-electron chi connectivity index (χ0n) is 21.5. The van der Waals surface area contributed by atoms with E-state index in [0.717, 1.165) is 0 Å². The Balaban J connectivity index is -0.000000477. The zero-order valence-corrected chi connectivity index (χ0v) is 23.7. The molecule has 0 aromatic carbocycles. The molecule has 0 spiro atoms. The van der Waals surface area contributed by atoms with Crippen LogP contribution in [-0.2, 0) is 55.2 Å². The Morgan fingerprint density at radius 3 is 1.47 bits per heavy atom. The van der Waals surface area contributed by atoms with Crippen molar-refractivity contribution < 1.29 is 55.2 Å². The molecular weight excluding hydrogens is 488 g/mol. The standard InChI is InChI=1S/C10H20O6Si.C7H10O3.C3H10O3Si/c1-9(11)8-10(12)16-6-5-7-17(13-2,14-3)15-4;1-3-4-10-7(9)5-6(2)8;1-4-7(5-2)6-3/h5-8H2,1-4H3;3H,1,4-5H2,2H3;7H,1-3H3. The predicted molar refractivity (Wildman–Crippen MR) is 127 cm³/mol. The van der Waals surface area contributed by atoms with Gasteiger partial charge in [0.15, 0.2) is 0 Å². The van der Waals surface area contributed by atoms with Gasteiger partial charge >= 0.3 is 30.3 Å². The summed E-state index contributed by atoms with van der Waals surface area (Å²) in [6, 6.07) is 0.559. The third kappa shape index (κ3) is 23.4. The first-order valence-electron chi connectivity index (χ1n) is 10.2. The van der Waals surface area contributed by atoms with Crippen LogP contribution in [0.2, 0.25) is 6.04 Å². The molecule has 0 unspecified atom stereocenters. The van der Waals surface area contributed by atoms with Crippen LogP contribution < -0.4 is 0 Å². The predicted octanol–water partition coefficient (Wildman–Crippen LogP) is 1.11. The maximum Gasteiger partial charge on any atom is 0.500 e. The van der Waals surface area contributed by atoms with E-state index in [1.54, 1.807) is 21.3 Å². The molecule has 12 nitrogen and oxygen atoms in total. The van der Waals surface area contributed by atoms with Crippen molar-refractivity contribution in [2.24, 2.45) is 0 Å². The van der Waals surface area contributed by atoms with Gasteiger partial charge in [0, 0.05) is 48.7 Å². The lowest BCUT2D eigenvalue weighted by molar-refractivity contribution is -0.146. The molecule has 0 aromatic rings. The number of hydrogen-bond acceptors (Lipinski definition) is 12. The van der Waals surface area contributed by atoms with Crippen LogP contribution in [0.15, 0.2) is 12.7 Å². The van der Waals surface area contributed by atoms with Crippen LogP contribution in [0, 0.1) is 0 Å². The summed E-state index contributed by atoms with van der Waals surface area (Å²) in [6.07, 6.45) is 1.71. The van der Waals surface area contributed by atoms with Gasteiger partial charge < -0.3 is 36.0 Å². The summed E-state index contributed by atoms with van der Waals surface area (Å²) in [6.45, 7) is 6.45. The van der Waals surface area contributed by atoms with Crippen molar-refractivity contribution in [1.82, 2.24) is 0 Å². The van der Waals surface area contributed by atoms with E-state index in [9.17, 15) is 19.2 Å². The molecule has 0 radical (unpaired) electrons. The number of carbonyl (C=O) groups excluding carboxylic acids is 4. The highest BCUT2D eigenvalue weighted by molar-refractivity contribution is 6.60. The van der Waals surface area contributed by atoms with Crippen LogP contribution in [0.1, 0.15) is 33.1 Å². The van der Waals surface area contributed by atoms with Crippen molar-refractivity contribution in [1.29, 1.82) is 0 Å². The molecule has 0 aromatic heterocycles. The Hall–Kier alpha value is -1.79. The van der Waals surface area contributed by atoms with Crippen LogP contribution >= 0.6 is 0 Å². The van der Waals surface area contributed by atoms with Crippen molar-refractivity contribution in [3.63, 3.8) is 0 Å². The maximum atomic E-state index is 11.1. The lowest BCUT2D eigenvalue weighted by atomic mass is 10.3. The van der Waals surface area contributed by atoms with Crippen molar-refractivity contribution in [3.8, 4) is 0 Å². The van der Waals surface area contributed by atoms with Gasteiger partial charge in [-0.3, -0.25) is 19.2 Å². The van der Waals surface area contributed by atoms with Crippen molar-refractivity contribution in [3.05, 3.63) is 12.7 Å². The van der Waals surface area contributed by atoms with Crippen molar-refractivity contribution in [2.45, 2.75) is 39.2 Å². The van der Waals surface area contributed by atoms with E-state index in [1.165, 1.54) is 41.3 Å². The second-order valence-corrected chi connectivity index (χ2v) is 11.4. The molecule has 0 atom stereocenters. The molecule has 0 aliphatic rings. The number of rotatable bonds is 16. The maximum absolute atomic E-state index is 11.1. The Bertz CT molecular complexity index is 564.